The summed E-state index contributed by atoms with van der Waals surface area (Å²) >= 11 is 1.63. The van der Waals surface area contributed by atoms with E-state index in [0.29, 0.717) is 6.54 Å². The van der Waals surface area contributed by atoms with Crippen LogP contribution in [0.5, 0.6) is 0 Å². The number of hydrogen-bond acceptors (Lipinski definition) is 3. The van der Waals surface area contributed by atoms with E-state index < -0.39 is 0 Å². The minimum absolute atomic E-state index is 0.0347. The topological polar surface area (TPSA) is 49.3 Å². The Hall–Kier alpha value is -1.00. The molecule has 4 heteroatoms. The van der Waals surface area contributed by atoms with E-state index in [2.05, 4.69) is 5.32 Å². The Balaban J connectivity index is 1.99. The summed E-state index contributed by atoms with van der Waals surface area (Å²) in [7, 11) is 0. The third kappa shape index (κ3) is 3.51. The van der Waals surface area contributed by atoms with E-state index in [9.17, 15) is 9.90 Å². The second-order valence-electron chi connectivity index (χ2n) is 5.15. The van der Waals surface area contributed by atoms with Crippen molar-refractivity contribution in [2.75, 3.05) is 12.8 Å². The second kappa shape index (κ2) is 6.44. The monoisotopic (exact) mass is 279 g/mol. The first-order chi connectivity index (χ1) is 9.11. The van der Waals surface area contributed by atoms with Crippen molar-refractivity contribution in [2.24, 2.45) is 5.92 Å². The maximum atomic E-state index is 12.2. The molecule has 1 fully saturated rings. The lowest BCUT2D eigenvalue weighted by Crippen LogP contribution is -2.32. The predicted octanol–water partition coefficient (Wildman–Crippen LogP) is 2.61. The van der Waals surface area contributed by atoms with Gasteiger partial charge in [-0.15, -0.1) is 11.8 Å². The van der Waals surface area contributed by atoms with Gasteiger partial charge in [-0.05, 0) is 43.7 Å². The van der Waals surface area contributed by atoms with Gasteiger partial charge in [-0.2, -0.15) is 0 Å². The third-order valence-electron chi connectivity index (χ3n) is 3.83. The van der Waals surface area contributed by atoms with Gasteiger partial charge in [0.15, 0.2) is 0 Å². The van der Waals surface area contributed by atoms with Crippen LogP contribution in [0, 0.1) is 12.8 Å². The summed E-state index contributed by atoms with van der Waals surface area (Å²) in [4.78, 5) is 13.3. The number of aliphatic hydroxyl groups excluding tert-OH is 1. The molecule has 2 rings (SSSR count). The first kappa shape index (κ1) is 14.4. The number of nitrogens with one attached hydrogen (secondary N) is 1. The lowest BCUT2D eigenvalue weighted by atomic mass is 10.1. The minimum atomic E-state index is -0.251. The fourth-order valence-corrected chi connectivity index (χ4v) is 2.99. The standard InChI is InChI=1S/C15H21NO2S/c1-10-6-7-12(19-2)8-13(10)15(18)16-9-11-4-3-5-14(11)17/h6-8,11,14,17H,3-5,9H2,1-2H3,(H,16,18). The number of benzene rings is 1. The summed E-state index contributed by atoms with van der Waals surface area (Å²) in [6, 6.07) is 5.93. The molecule has 1 saturated carbocycles. The van der Waals surface area contributed by atoms with Crippen LogP contribution in [0.3, 0.4) is 0 Å². The van der Waals surface area contributed by atoms with E-state index >= 15 is 0 Å². The van der Waals surface area contributed by atoms with Gasteiger partial charge in [0, 0.05) is 22.9 Å². The highest BCUT2D eigenvalue weighted by Gasteiger charge is 2.25. The molecule has 0 heterocycles. The van der Waals surface area contributed by atoms with Crippen LogP contribution < -0.4 is 5.32 Å². The normalized spacial score (nSPS) is 22.5. The van der Waals surface area contributed by atoms with E-state index in [1.165, 1.54) is 0 Å². The van der Waals surface area contributed by atoms with Crippen LogP contribution in [0.4, 0.5) is 0 Å². The van der Waals surface area contributed by atoms with Gasteiger partial charge >= 0.3 is 0 Å². The van der Waals surface area contributed by atoms with Gasteiger partial charge < -0.3 is 10.4 Å². The Labute approximate surface area is 118 Å². The number of aryl methyl sites for hydroxylation is 1. The predicted molar refractivity (Wildman–Crippen MR) is 78.6 cm³/mol. The largest absolute Gasteiger partial charge is 0.393 e. The lowest BCUT2D eigenvalue weighted by Gasteiger charge is -2.16. The van der Waals surface area contributed by atoms with Gasteiger partial charge in [-0.25, -0.2) is 0 Å². The fraction of sp³-hybridized carbons (Fsp3) is 0.533. The highest BCUT2D eigenvalue weighted by atomic mass is 32.2. The SMILES string of the molecule is CSc1ccc(C)c(C(=O)NCC2CCCC2O)c1. The molecule has 2 unspecified atom stereocenters. The average molecular weight is 279 g/mol. The van der Waals surface area contributed by atoms with Crippen LogP contribution in [0.1, 0.15) is 35.2 Å². The third-order valence-corrected chi connectivity index (χ3v) is 4.56. The number of carbonyl (C=O) groups excluding carboxylic acids is 1. The molecule has 0 saturated heterocycles. The van der Waals surface area contributed by atoms with Crippen molar-refractivity contribution in [3.63, 3.8) is 0 Å². The second-order valence-corrected chi connectivity index (χ2v) is 6.03. The molecule has 0 aliphatic heterocycles. The number of amides is 1. The fourth-order valence-electron chi connectivity index (χ4n) is 2.55. The lowest BCUT2D eigenvalue weighted by molar-refractivity contribution is 0.0916. The smallest absolute Gasteiger partial charge is 0.251 e. The zero-order valence-electron chi connectivity index (χ0n) is 11.5. The van der Waals surface area contributed by atoms with Crippen molar-refractivity contribution in [3.05, 3.63) is 29.3 Å². The van der Waals surface area contributed by atoms with E-state index in [-0.39, 0.29) is 17.9 Å². The van der Waals surface area contributed by atoms with Crippen molar-refractivity contribution in [1.29, 1.82) is 0 Å². The Morgan fingerprint density at radius 1 is 1.47 bits per heavy atom. The Bertz CT molecular complexity index is 461. The summed E-state index contributed by atoms with van der Waals surface area (Å²) in [5, 5.41) is 12.7. The van der Waals surface area contributed by atoms with E-state index in [0.717, 1.165) is 35.3 Å². The summed E-state index contributed by atoms with van der Waals surface area (Å²) in [6.07, 6.45) is 4.68. The molecule has 0 bridgehead atoms. The molecule has 1 aromatic rings. The first-order valence-corrected chi connectivity index (χ1v) is 7.95. The number of aliphatic hydroxyl groups is 1. The van der Waals surface area contributed by atoms with Crippen LogP contribution in [0.15, 0.2) is 23.1 Å². The molecule has 3 nitrogen and oxygen atoms in total. The molecule has 1 aromatic carbocycles. The Morgan fingerprint density at radius 3 is 2.89 bits per heavy atom. The Kier molecular flexibility index (Phi) is 4.88. The summed E-state index contributed by atoms with van der Waals surface area (Å²) in [5.41, 5.74) is 1.72. The van der Waals surface area contributed by atoms with Crippen LogP contribution in [0.25, 0.3) is 0 Å². The minimum Gasteiger partial charge on any atom is -0.393 e. The van der Waals surface area contributed by atoms with Crippen LogP contribution in [-0.2, 0) is 0 Å². The molecule has 19 heavy (non-hydrogen) atoms. The molecule has 0 radical (unpaired) electrons. The van der Waals surface area contributed by atoms with Crippen LogP contribution in [-0.4, -0.2) is 29.9 Å². The van der Waals surface area contributed by atoms with Crippen molar-refractivity contribution in [1.82, 2.24) is 5.32 Å². The van der Waals surface area contributed by atoms with Gasteiger partial charge in [-0.3, -0.25) is 4.79 Å². The van der Waals surface area contributed by atoms with Gasteiger partial charge in [-0.1, -0.05) is 12.5 Å². The van der Waals surface area contributed by atoms with Gasteiger partial charge in [0.1, 0.15) is 0 Å². The molecule has 0 spiro atoms. The number of hydrogen-bond donors (Lipinski definition) is 2. The molecule has 2 N–H and O–H groups in total. The highest BCUT2D eigenvalue weighted by Crippen LogP contribution is 2.25. The molecule has 104 valence electrons. The number of rotatable bonds is 4. The Morgan fingerprint density at radius 2 is 2.26 bits per heavy atom. The van der Waals surface area contributed by atoms with Gasteiger partial charge in [0.25, 0.3) is 5.91 Å². The van der Waals surface area contributed by atoms with Crippen LogP contribution in [0.2, 0.25) is 0 Å². The quantitative estimate of drug-likeness (QED) is 0.833. The molecule has 0 aromatic heterocycles. The van der Waals surface area contributed by atoms with Crippen molar-refractivity contribution >= 4 is 17.7 Å². The van der Waals surface area contributed by atoms with Gasteiger partial charge in [0.2, 0.25) is 0 Å². The average Bonchev–Trinajstić information content (AvgIpc) is 2.82. The zero-order chi connectivity index (χ0) is 13.8. The molecule has 1 amide bonds. The molecule has 1 aliphatic rings. The van der Waals surface area contributed by atoms with Gasteiger partial charge in [0.05, 0.1) is 6.10 Å². The highest BCUT2D eigenvalue weighted by molar-refractivity contribution is 7.98. The van der Waals surface area contributed by atoms with Crippen molar-refractivity contribution < 1.29 is 9.90 Å². The zero-order valence-corrected chi connectivity index (χ0v) is 12.3. The van der Waals surface area contributed by atoms with Crippen molar-refractivity contribution in [2.45, 2.75) is 37.2 Å². The van der Waals surface area contributed by atoms with E-state index in [1.54, 1.807) is 11.8 Å². The van der Waals surface area contributed by atoms with E-state index in [1.807, 2.05) is 31.4 Å². The molecular weight excluding hydrogens is 258 g/mol. The maximum Gasteiger partial charge on any atom is 0.251 e. The summed E-state index contributed by atoms with van der Waals surface area (Å²) in [5.74, 6) is 0.181. The first-order valence-electron chi connectivity index (χ1n) is 6.72. The van der Waals surface area contributed by atoms with Crippen LogP contribution >= 0.6 is 11.8 Å². The molecule has 1 aliphatic carbocycles. The maximum absolute atomic E-state index is 12.2. The van der Waals surface area contributed by atoms with Crippen molar-refractivity contribution in [3.8, 4) is 0 Å². The summed E-state index contributed by atoms with van der Waals surface area (Å²) in [6.45, 7) is 2.52. The molecule has 2 atom stereocenters. The molecular formula is C15H21NO2S. The summed E-state index contributed by atoms with van der Waals surface area (Å²) < 4.78 is 0. The number of carbonyl (C=O) groups is 1. The number of thioether (sulfide) groups is 1. The van der Waals surface area contributed by atoms with E-state index in [4.69, 9.17) is 0 Å².